The second kappa shape index (κ2) is 5.57. The van der Waals surface area contributed by atoms with Gasteiger partial charge in [0.25, 0.3) is 11.8 Å². The largest absolute Gasteiger partial charge is 0.480 e. The average Bonchev–Trinajstić information content (AvgIpc) is 2.67. The number of nitrogens with one attached hydrogen (secondary N) is 1. The molecule has 0 bridgehead atoms. The Hall–Kier alpha value is -2.74. The van der Waals surface area contributed by atoms with E-state index >= 15 is 0 Å². The van der Waals surface area contributed by atoms with Gasteiger partial charge in [-0.3, -0.25) is 14.4 Å². The van der Waals surface area contributed by atoms with Gasteiger partial charge in [-0.05, 0) is 24.1 Å². The Morgan fingerprint density at radius 2 is 1.68 bits per heavy atom. The van der Waals surface area contributed by atoms with Crippen molar-refractivity contribution in [3.63, 3.8) is 0 Å². The SMILES string of the molecule is CC(C)[C@H](NN1C(=O)c2ccc(C(=O)O)cc2C1=O)C(=O)O. The number of hydrazine groups is 1. The molecule has 2 rings (SSSR count). The first-order valence-electron chi connectivity index (χ1n) is 6.49. The van der Waals surface area contributed by atoms with Crippen LogP contribution in [0.4, 0.5) is 0 Å². The Kier molecular flexibility index (Phi) is 3.96. The van der Waals surface area contributed by atoms with Gasteiger partial charge in [-0.25, -0.2) is 15.2 Å². The van der Waals surface area contributed by atoms with Crippen molar-refractivity contribution in [3.8, 4) is 0 Å². The molecule has 1 aromatic carbocycles. The van der Waals surface area contributed by atoms with Crippen molar-refractivity contribution in [2.45, 2.75) is 19.9 Å². The number of carboxylic acids is 2. The molecule has 0 saturated carbocycles. The topological polar surface area (TPSA) is 124 Å². The second-order valence-corrected chi connectivity index (χ2v) is 5.20. The summed E-state index contributed by atoms with van der Waals surface area (Å²) in [6, 6.07) is 2.44. The fraction of sp³-hybridized carbons (Fsp3) is 0.286. The van der Waals surface area contributed by atoms with E-state index in [1.807, 2.05) is 0 Å². The number of hydrogen-bond donors (Lipinski definition) is 3. The van der Waals surface area contributed by atoms with Gasteiger partial charge in [-0.15, -0.1) is 0 Å². The minimum Gasteiger partial charge on any atom is -0.480 e. The van der Waals surface area contributed by atoms with Crippen LogP contribution in [0, 0.1) is 5.92 Å². The van der Waals surface area contributed by atoms with Crippen molar-refractivity contribution in [1.82, 2.24) is 10.4 Å². The molecule has 1 aliphatic rings. The number of carbonyl (C=O) groups excluding carboxylic acids is 2. The molecule has 8 nitrogen and oxygen atoms in total. The molecule has 2 amide bonds. The van der Waals surface area contributed by atoms with E-state index in [2.05, 4.69) is 5.43 Å². The third kappa shape index (κ3) is 2.56. The van der Waals surface area contributed by atoms with Gasteiger partial charge in [-0.1, -0.05) is 13.8 Å². The molecule has 0 unspecified atom stereocenters. The molecule has 116 valence electrons. The molecule has 0 radical (unpaired) electrons. The van der Waals surface area contributed by atoms with Crippen LogP contribution in [0.25, 0.3) is 0 Å². The minimum absolute atomic E-state index is 0.0374. The lowest BCUT2D eigenvalue weighted by Gasteiger charge is -2.23. The maximum Gasteiger partial charge on any atom is 0.335 e. The fourth-order valence-corrected chi connectivity index (χ4v) is 2.12. The number of carboxylic acid groups (broad SMARTS) is 2. The Morgan fingerprint density at radius 3 is 2.18 bits per heavy atom. The van der Waals surface area contributed by atoms with Crippen LogP contribution in [0.1, 0.15) is 44.9 Å². The zero-order valence-corrected chi connectivity index (χ0v) is 11.9. The highest BCUT2D eigenvalue weighted by atomic mass is 16.4. The van der Waals surface area contributed by atoms with E-state index in [0.717, 1.165) is 6.07 Å². The maximum atomic E-state index is 12.2. The first kappa shape index (κ1) is 15.6. The lowest BCUT2D eigenvalue weighted by atomic mass is 10.1. The molecule has 3 N–H and O–H groups in total. The average molecular weight is 306 g/mol. The summed E-state index contributed by atoms with van der Waals surface area (Å²) in [5.41, 5.74) is 2.25. The lowest BCUT2D eigenvalue weighted by molar-refractivity contribution is -0.141. The van der Waals surface area contributed by atoms with Crippen LogP contribution in [0.15, 0.2) is 18.2 Å². The number of aliphatic carboxylic acids is 1. The molecule has 0 aromatic heterocycles. The number of nitrogens with zero attached hydrogens (tertiary/aromatic N) is 1. The van der Waals surface area contributed by atoms with Crippen molar-refractivity contribution in [1.29, 1.82) is 0 Å². The smallest absolute Gasteiger partial charge is 0.335 e. The van der Waals surface area contributed by atoms with Crippen LogP contribution in [0.2, 0.25) is 0 Å². The van der Waals surface area contributed by atoms with E-state index in [0.29, 0.717) is 5.01 Å². The molecular weight excluding hydrogens is 292 g/mol. The summed E-state index contributed by atoms with van der Waals surface area (Å²) in [6.07, 6.45) is 0. The van der Waals surface area contributed by atoms with E-state index in [4.69, 9.17) is 10.2 Å². The molecule has 0 spiro atoms. The predicted molar refractivity (Wildman–Crippen MR) is 73.3 cm³/mol. The fourth-order valence-electron chi connectivity index (χ4n) is 2.12. The predicted octanol–water partition coefficient (Wildman–Crippen LogP) is 0.595. The molecule has 22 heavy (non-hydrogen) atoms. The number of hydrogen-bond acceptors (Lipinski definition) is 5. The summed E-state index contributed by atoms with van der Waals surface area (Å²) in [5.74, 6) is -4.26. The van der Waals surface area contributed by atoms with Gasteiger partial charge in [0, 0.05) is 0 Å². The third-order valence-electron chi connectivity index (χ3n) is 3.33. The summed E-state index contributed by atoms with van der Waals surface area (Å²) in [4.78, 5) is 46.5. The summed E-state index contributed by atoms with van der Waals surface area (Å²) in [6.45, 7) is 3.26. The van der Waals surface area contributed by atoms with Crippen molar-refractivity contribution in [2.24, 2.45) is 5.92 Å². The molecule has 0 aliphatic carbocycles. The van der Waals surface area contributed by atoms with Gasteiger partial charge in [0.2, 0.25) is 0 Å². The third-order valence-corrected chi connectivity index (χ3v) is 3.33. The van der Waals surface area contributed by atoms with Gasteiger partial charge >= 0.3 is 11.9 Å². The Labute approximate surface area is 125 Å². The first-order chi connectivity index (χ1) is 10.2. The van der Waals surface area contributed by atoms with Gasteiger partial charge in [0.15, 0.2) is 0 Å². The maximum absolute atomic E-state index is 12.2. The first-order valence-corrected chi connectivity index (χ1v) is 6.49. The molecule has 8 heteroatoms. The van der Waals surface area contributed by atoms with Gasteiger partial charge in [0.1, 0.15) is 6.04 Å². The Balaban J connectivity index is 2.34. The van der Waals surface area contributed by atoms with E-state index in [9.17, 15) is 19.2 Å². The number of aromatic carboxylic acids is 1. The zero-order valence-electron chi connectivity index (χ0n) is 11.9. The van der Waals surface area contributed by atoms with Gasteiger partial charge in [0.05, 0.1) is 16.7 Å². The highest BCUT2D eigenvalue weighted by molar-refractivity contribution is 6.21. The molecule has 0 saturated heterocycles. The lowest BCUT2D eigenvalue weighted by Crippen LogP contribution is -2.53. The summed E-state index contributed by atoms with van der Waals surface area (Å²) < 4.78 is 0. The van der Waals surface area contributed by atoms with Crippen LogP contribution < -0.4 is 5.43 Å². The van der Waals surface area contributed by atoms with Crippen molar-refractivity contribution >= 4 is 23.8 Å². The molecule has 0 fully saturated rings. The van der Waals surface area contributed by atoms with Crippen molar-refractivity contribution in [2.75, 3.05) is 0 Å². The number of rotatable bonds is 5. The van der Waals surface area contributed by atoms with E-state index in [1.165, 1.54) is 12.1 Å². The van der Waals surface area contributed by atoms with Gasteiger partial charge in [-0.2, -0.15) is 0 Å². The molecular formula is C14H14N2O6. The van der Waals surface area contributed by atoms with E-state index in [-0.39, 0.29) is 22.6 Å². The number of fused-ring (bicyclic) bond motifs is 1. The van der Waals surface area contributed by atoms with E-state index < -0.39 is 29.8 Å². The molecule has 1 atom stereocenters. The van der Waals surface area contributed by atoms with Crippen LogP contribution in [0.5, 0.6) is 0 Å². The number of amides is 2. The summed E-state index contributed by atoms with van der Waals surface area (Å²) >= 11 is 0. The number of imide groups is 1. The molecule has 1 heterocycles. The number of benzene rings is 1. The highest BCUT2D eigenvalue weighted by Gasteiger charge is 2.39. The van der Waals surface area contributed by atoms with Crippen LogP contribution in [0.3, 0.4) is 0 Å². The summed E-state index contributed by atoms with van der Waals surface area (Å²) in [7, 11) is 0. The van der Waals surface area contributed by atoms with Gasteiger partial charge < -0.3 is 10.2 Å². The zero-order chi connectivity index (χ0) is 16.6. The van der Waals surface area contributed by atoms with Crippen molar-refractivity contribution in [3.05, 3.63) is 34.9 Å². The van der Waals surface area contributed by atoms with Crippen LogP contribution >= 0.6 is 0 Å². The van der Waals surface area contributed by atoms with Crippen LogP contribution in [-0.2, 0) is 4.79 Å². The molecule has 1 aliphatic heterocycles. The minimum atomic E-state index is -1.22. The Bertz CT molecular complexity index is 682. The molecule has 1 aromatic rings. The quantitative estimate of drug-likeness (QED) is 0.680. The Morgan fingerprint density at radius 1 is 1.09 bits per heavy atom. The van der Waals surface area contributed by atoms with Crippen molar-refractivity contribution < 1.29 is 29.4 Å². The monoisotopic (exact) mass is 306 g/mol. The second-order valence-electron chi connectivity index (χ2n) is 5.20. The normalized spacial score (nSPS) is 15.1. The number of carbonyl (C=O) groups is 4. The highest BCUT2D eigenvalue weighted by Crippen LogP contribution is 2.23. The van der Waals surface area contributed by atoms with E-state index in [1.54, 1.807) is 13.8 Å². The van der Waals surface area contributed by atoms with Crippen LogP contribution in [-0.4, -0.2) is 45.0 Å². The standard InChI is InChI=1S/C14H14N2O6/c1-6(2)10(14(21)22)15-16-11(17)8-4-3-7(13(19)20)5-9(8)12(16)18/h3-6,10,15H,1-2H3,(H,19,20)(H,21,22)/t10-/m0/s1. The summed E-state index contributed by atoms with van der Waals surface area (Å²) in [5, 5.41) is 18.7.